The van der Waals surface area contributed by atoms with Crippen molar-refractivity contribution in [2.24, 2.45) is 0 Å². The zero-order valence-corrected chi connectivity index (χ0v) is 11.9. The molecule has 1 N–H and O–H groups in total. The number of anilines is 1. The molecule has 0 aliphatic rings. The first kappa shape index (κ1) is 13.6. The summed E-state index contributed by atoms with van der Waals surface area (Å²) in [5.74, 6) is 1.06. The number of nitro groups is 1. The molecule has 0 aliphatic carbocycles. The lowest BCUT2D eigenvalue weighted by atomic mass is 10.2. The van der Waals surface area contributed by atoms with Gasteiger partial charge in [0.15, 0.2) is 0 Å². The minimum atomic E-state index is -0.348. The summed E-state index contributed by atoms with van der Waals surface area (Å²) in [5, 5.41) is 13.9. The first-order valence-corrected chi connectivity index (χ1v) is 7.29. The molecule has 16 heavy (non-hydrogen) atoms. The highest BCUT2D eigenvalue weighted by Gasteiger charge is 2.13. The molecule has 1 rings (SSSR count). The van der Waals surface area contributed by atoms with Gasteiger partial charge in [0.05, 0.1) is 4.92 Å². The Kier molecular flexibility index (Phi) is 5.89. The molecular formula is C10H13IN2O2S. The average Bonchev–Trinajstić information content (AvgIpc) is 2.26. The first-order valence-electron chi connectivity index (χ1n) is 4.82. The summed E-state index contributed by atoms with van der Waals surface area (Å²) in [6.45, 7) is 0.766. The van der Waals surface area contributed by atoms with Crippen molar-refractivity contribution < 1.29 is 4.92 Å². The van der Waals surface area contributed by atoms with Crippen LogP contribution in [0.5, 0.6) is 0 Å². The van der Waals surface area contributed by atoms with Crippen LogP contribution in [0.15, 0.2) is 18.2 Å². The SMILES string of the molecule is CSCCCNc1ccc(I)cc1[N+](=O)[O-]. The van der Waals surface area contributed by atoms with E-state index in [0.717, 1.165) is 22.3 Å². The minimum Gasteiger partial charge on any atom is -0.379 e. The molecule has 0 unspecified atom stereocenters. The number of hydrogen-bond acceptors (Lipinski definition) is 4. The molecule has 6 heteroatoms. The summed E-state index contributed by atoms with van der Waals surface area (Å²) in [6.07, 6.45) is 3.05. The van der Waals surface area contributed by atoms with E-state index in [1.807, 2.05) is 12.3 Å². The summed E-state index contributed by atoms with van der Waals surface area (Å²) >= 11 is 3.85. The molecule has 0 aliphatic heterocycles. The van der Waals surface area contributed by atoms with Crippen LogP contribution in [0.1, 0.15) is 6.42 Å². The number of benzene rings is 1. The van der Waals surface area contributed by atoms with E-state index in [4.69, 9.17) is 0 Å². The molecule has 0 aromatic heterocycles. The van der Waals surface area contributed by atoms with Gasteiger partial charge in [0, 0.05) is 16.2 Å². The second-order valence-corrected chi connectivity index (χ2v) is 5.42. The third-order valence-corrected chi connectivity index (χ3v) is 3.37. The van der Waals surface area contributed by atoms with Crippen molar-refractivity contribution in [1.29, 1.82) is 0 Å². The van der Waals surface area contributed by atoms with Crippen LogP contribution in [0.3, 0.4) is 0 Å². The van der Waals surface area contributed by atoms with Crippen molar-refractivity contribution in [3.63, 3.8) is 0 Å². The number of nitrogens with one attached hydrogen (secondary N) is 1. The van der Waals surface area contributed by atoms with Crippen LogP contribution in [0.25, 0.3) is 0 Å². The lowest BCUT2D eigenvalue weighted by Gasteiger charge is -2.06. The molecule has 1 aromatic rings. The minimum absolute atomic E-state index is 0.149. The van der Waals surface area contributed by atoms with Crippen LogP contribution < -0.4 is 5.32 Å². The Morgan fingerprint density at radius 2 is 2.31 bits per heavy atom. The maximum absolute atomic E-state index is 10.8. The van der Waals surface area contributed by atoms with Crippen molar-refractivity contribution in [2.45, 2.75) is 6.42 Å². The van der Waals surface area contributed by atoms with Gasteiger partial charge in [-0.25, -0.2) is 0 Å². The van der Waals surface area contributed by atoms with E-state index in [1.165, 1.54) is 0 Å². The Morgan fingerprint density at radius 1 is 1.56 bits per heavy atom. The van der Waals surface area contributed by atoms with Crippen LogP contribution in [-0.4, -0.2) is 23.5 Å². The fourth-order valence-corrected chi connectivity index (χ4v) is 2.15. The molecule has 0 radical (unpaired) electrons. The van der Waals surface area contributed by atoms with E-state index in [9.17, 15) is 10.1 Å². The Labute approximate surface area is 112 Å². The molecule has 0 saturated carbocycles. The van der Waals surface area contributed by atoms with Gasteiger partial charge in [0.25, 0.3) is 5.69 Å². The number of nitrogens with zero attached hydrogens (tertiary/aromatic N) is 1. The second kappa shape index (κ2) is 6.95. The molecule has 0 saturated heterocycles. The number of hydrogen-bond donors (Lipinski definition) is 1. The van der Waals surface area contributed by atoms with Gasteiger partial charge in [0.1, 0.15) is 5.69 Å². The van der Waals surface area contributed by atoms with Gasteiger partial charge in [-0.2, -0.15) is 11.8 Å². The van der Waals surface area contributed by atoms with Crippen molar-refractivity contribution in [3.05, 3.63) is 31.9 Å². The summed E-state index contributed by atoms with van der Waals surface area (Å²) in [6, 6.07) is 5.21. The van der Waals surface area contributed by atoms with E-state index in [-0.39, 0.29) is 10.6 Å². The normalized spacial score (nSPS) is 10.1. The lowest BCUT2D eigenvalue weighted by Crippen LogP contribution is -2.05. The predicted molar refractivity (Wildman–Crippen MR) is 77.3 cm³/mol. The first-order chi connectivity index (χ1) is 7.65. The average molecular weight is 352 g/mol. The Hall–Kier alpha value is -0.500. The Bertz CT molecular complexity index is 374. The van der Waals surface area contributed by atoms with Gasteiger partial charge in [-0.05, 0) is 53.2 Å². The molecule has 1 aromatic carbocycles. The van der Waals surface area contributed by atoms with Gasteiger partial charge < -0.3 is 5.32 Å². The van der Waals surface area contributed by atoms with Crippen LogP contribution in [-0.2, 0) is 0 Å². The van der Waals surface area contributed by atoms with E-state index in [2.05, 4.69) is 27.9 Å². The summed E-state index contributed by atoms with van der Waals surface area (Å²) in [4.78, 5) is 10.5. The molecule has 0 atom stereocenters. The van der Waals surface area contributed by atoms with E-state index in [1.54, 1.807) is 23.9 Å². The highest BCUT2D eigenvalue weighted by atomic mass is 127. The smallest absolute Gasteiger partial charge is 0.293 e. The third kappa shape index (κ3) is 4.17. The van der Waals surface area contributed by atoms with E-state index in [0.29, 0.717) is 5.69 Å². The van der Waals surface area contributed by atoms with Crippen molar-refractivity contribution >= 4 is 45.7 Å². The largest absolute Gasteiger partial charge is 0.379 e. The molecule has 0 bridgehead atoms. The van der Waals surface area contributed by atoms with Crippen LogP contribution in [0.2, 0.25) is 0 Å². The van der Waals surface area contributed by atoms with Crippen LogP contribution >= 0.6 is 34.4 Å². The molecule has 88 valence electrons. The zero-order chi connectivity index (χ0) is 12.0. The van der Waals surface area contributed by atoms with Crippen LogP contribution in [0.4, 0.5) is 11.4 Å². The molecule has 4 nitrogen and oxygen atoms in total. The van der Waals surface area contributed by atoms with Gasteiger partial charge in [-0.1, -0.05) is 0 Å². The van der Waals surface area contributed by atoms with E-state index < -0.39 is 0 Å². The van der Waals surface area contributed by atoms with Crippen molar-refractivity contribution in [2.75, 3.05) is 23.9 Å². The maximum Gasteiger partial charge on any atom is 0.293 e. The number of thioether (sulfide) groups is 1. The van der Waals surface area contributed by atoms with Gasteiger partial charge >= 0.3 is 0 Å². The molecular weight excluding hydrogens is 339 g/mol. The molecule has 0 fully saturated rings. The highest BCUT2D eigenvalue weighted by Crippen LogP contribution is 2.26. The summed E-state index contributed by atoms with van der Waals surface area (Å²) in [5.41, 5.74) is 0.752. The summed E-state index contributed by atoms with van der Waals surface area (Å²) in [7, 11) is 0. The fourth-order valence-electron chi connectivity index (χ4n) is 1.24. The Balaban J connectivity index is 2.67. The monoisotopic (exact) mass is 352 g/mol. The predicted octanol–water partition coefficient (Wildman–Crippen LogP) is 3.36. The molecule has 0 heterocycles. The number of nitro benzene ring substituents is 1. The standard InChI is InChI=1S/C10H13IN2O2S/c1-16-6-2-5-12-9-4-3-8(11)7-10(9)13(14)15/h3-4,7,12H,2,5-6H2,1H3. The van der Waals surface area contributed by atoms with Crippen molar-refractivity contribution in [1.82, 2.24) is 0 Å². The second-order valence-electron chi connectivity index (χ2n) is 3.19. The summed E-state index contributed by atoms with van der Waals surface area (Å²) < 4.78 is 0.874. The topological polar surface area (TPSA) is 55.2 Å². The molecule has 0 spiro atoms. The van der Waals surface area contributed by atoms with Gasteiger partial charge in [0.2, 0.25) is 0 Å². The quantitative estimate of drug-likeness (QED) is 0.369. The highest BCUT2D eigenvalue weighted by molar-refractivity contribution is 14.1. The number of rotatable bonds is 6. The van der Waals surface area contributed by atoms with Gasteiger partial charge in [-0.3, -0.25) is 10.1 Å². The fraction of sp³-hybridized carbons (Fsp3) is 0.400. The maximum atomic E-state index is 10.8. The third-order valence-electron chi connectivity index (χ3n) is 2.00. The zero-order valence-electron chi connectivity index (χ0n) is 8.90. The Morgan fingerprint density at radius 3 is 2.94 bits per heavy atom. The van der Waals surface area contributed by atoms with Gasteiger partial charge in [-0.15, -0.1) is 0 Å². The number of halogens is 1. The lowest BCUT2D eigenvalue weighted by molar-refractivity contribution is -0.384. The van der Waals surface area contributed by atoms with Crippen LogP contribution in [0, 0.1) is 13.7 Å². The molecule has 0 amide bonds. The van der Waals surface area contributed by atoms with E-state index >= 15 is 0 Å². The van der Waals surface area contributed by atoms with Crippen molar-refractivity contribution in [3.8, 4) is 0 Å².